The van der Waals surface area contributed by atoms with Crippen LogP contribution in [-0.4, -0.2) is 41.7 Å². The molecule has 90 valence electrons. The van der Waals surface area contributed by atoms with Gasteiger partial charge in [-0.15, -0.1) is 11.6 Å². The zero-order chi connectivity index (χ0) is 11.8. The van der Waals surface area contributed by atoms with Crippen molar-refractivity contribution in [2.75, 3.05) is 19.0 Å². The highest BCUT2D eigenvalue weighted by Crippen LogP contribution is 2.38. The zero-order valence-corrected chi connectivity index (χ0v) is 10.2. The maximum absolute atomic E-state index is 12.0. The number of β-lactam (4-membered cyclic amide) rings is 1. The molecule has 2 rings (SSSR count). The highest BCUT2D eigenvalue weighted by molar-refractivity contribution is 6.27. The molecule has 1 atom stereocenters. The van der Waals surface area contributed by atoms with Crippen molar-refractivity contribution in [2.24, 2.45) is 5.41 Å². The molecule has 0 spiro atoms. The topological polar surface area (TPSA) is 49.4 Å². The number of hydrogen-bond donors (Lipinski definition) is 1. The quantitative estimate of drug-likeness (QED) is 0.586. The minimum atomic E-state index is -0.405. The lowest BCUT2D eigenvalue weighted by molar-refractivity contribution is -0.165. The molecule has 0 bridgehead atoms. The van der Waals surface area contributed by atoms with Crippen LogP contribution in [0, 0.1) is 5.41 Å². The molecule has 4 nitrogen and oxygen atoms in total. The molecule has 0 radical (unpaired) electrons. The van der Waals surface area contributed by atoms with Gasteiger partial charge in [0.25, 0.3) is 0 Å². The summed E-state index contributed by atoms with van der Waals surface area (Å²) >= 11 is 5.38. The summed E-state index contributed by atoms with van der Waals surface area (Å²) in [5.41, 5.74) is -0.405. The summed E-state index contributed by atoms with van der Waals surface area (Å²) in [6.07, 6.45) is 3.50. The number of hydrogen-bond acceptors (Lipinski definition) is 2. The molecule has 2 aliphatic rings. The smallest absolute Gasteiger partial charge is 0.234 e. The van der Waals surface area contributed by atoms with Crippen molar-refractivity contribution in [1.29, 1.82) is 0 Å². The van der Waals surface area contributed by atoms with E-state index in [4.69, 9.17) is 11.6 Å². The van der Waals surface area contributed by atoms with Crippen molar-refractivity contribution in [3.05, 3.63) is 0 Å². The summed E-state index contributed by atoms with van der Waals surface area (Å²) in [6, 6.07) is 0.462. The van der Waals surface area contributed by atoms with Gasteiger partial charge in [0.2, 0.25) is 11.8 Å². The fraction of sp³-hybridized carbons (Fsp3) is 0.818. The molecular formula is C11H17ClN2O2. The van der Waals surface area contributed by atoms with Crippen molar-refractivity contribution in [2.45, 2.75) is 32.2 Å². The molecule has 1 aliphatic carbocycles. The molecule has 1 N–H and O–H groups in total. The first kappa shape index (κ1) is 11.7. The molecule has 1 unspecified atom stereocenters. The van der Waals surface area contributed by atoms with E-state index in [-0.39, 0.29) is 17.7 Å². The number of carbonyl (C=O) groups is 2. The van der Waals surface area contributed by atoms with Crippen LogP contribution in [0.2, 0.25) is 0 Å². The molecule has 0 aromatic rings. The van der Waals surface area contributed by atoms with E-state index in [0.29, 0.717) is 12.6 Å². The molecule has 2 fully saturated rings. The van der Waals surface area contributed by atoms with Crippen molar-refractivity contribution >= 4 is 23.4 Å². The highest BCUT2D eigenvalue weighted by atomic mass is 35.5. The van der Waals surface area contributed by atoms with Gasteiger partial charge in [0.1, 0.15) is 5.88 Å². The van der Waals surface area contributed by atoms with Crippen molar-refractivity contribution in [3.8, 4) is 0 Å². The Morgan fingerprint density at radius 1 is 1.62 bits per heavy atom. The Labute approximate surface area is 100 Å². The number of nitrogens with one attached hydrogen (secondary N) is 1. The van der Waals surface area contributed by atoms with Crippen LogP contribution in [0.3, 0.4) is 0 Å². The lowest BCUT2D eigenvalue weighted by atomic mass is 9.76. The number of amides is 2. The Balaban J connectivity index is 1.82. The predicted octanol–water partition coefficient (Wildman–Crippen LogP) is 0.742. The lowest BCUT2D eigenvalue weighted by Crippen LogP contribution is -2.67. The van der Waals surface area contributed by atoms with Crippen LogP contribution < -0.4 is 5.32 Å². The average molecular weight is 245 g/mol. The van der Waals surface area contributed by atoms with Crippen LogP contribution >= 0.6 is 11.6 Å². The second-order valence-corrected chi connectivity index (χ2v) is 5.26. The molecule has 1 saturated carbocycles. The van der Waals surface area contributed by atoms with E-state index < -0.39 is 5.41 Å². The van der Waals surface area contributed by atoms with E-state index >= 15 is 0 Å². The Morgan fingerprint density at radius 2 is 2.31 bits per heavy atom. The largest absolute Gasteiger partial charge is 0.354 e. The van der Waals surface area contributed by atoms with Crippen LogP contribution in [0.5, 0.6) is 0 Å². The van der Waals surface area contributed by atoms with E-state index in [1.54, 1.807) is 0 Å². The summed E-state index contributed by atoms with van der Waals surface area (Å²) in [7, 11) is 0. The van der Waals surface area contributed by atoms with Gasteiger partial charge >= 0.3 is 0 Å². The Kier molecular flexibility index (Phi) is 3.10. The number of alkyl halides is 1. The van der Waals surface area contributed by atoms with Crippen LogP contribution in [0.25, 0.3) is 0 Å². The van der Waals surface area contributed by atoms with Crippen LogP contribution in [0.4, 0.5) is 0 Å². The van der Waals surface area contributed by atoms with E-state index in [9.17, 15) is 9.59 Å². The SMILES string of the molecule is CC1(CNC(=O)CCl)CN(C2CCC2)C1=O. The van der Waals surface area contributed by atoms with Crippen molar-refractivity contribution in [1.82, 2.24) is 10.2 Å². The van der Waals surface area contributed by atoms with Crippen LogP contribution in [0.15, 0.2) is 0 Å². The average Bonchev–Trinajstić information content (AvgIpc) is 2.22. The van der Waals surface area contributed by atoms with E-state index in [1.165, 1.54) is 6.42 Å². The minimum absolute atomic E-state index is 0.0450. The fourth-order valence-electron chi connectivity index (χ4n) is 2.24. The molecule has 1 saturated heterocycles. The number of likely N-dealkylation sites (tertiary alicyclic amines) is 1. The molecule has 2 amide bonds. The molecule has 16 heavy (non-hydrogen) atoms. The van der Waals surface area contributed by atoms with Gasteiger partial charge < -0.3 is 10.2 Å². The Bertz CT molecular complexity index is 317. The second kappa shape index (κ2) is 4.24. The monoisotopic (exact) mass is 244 g/mol. The van der Waals surface area contributed by atoms with Gasteiger partial charge in [-0.3, -0.25) is 9.59 Å². The lowest BCUT2D eigenvalue weighted by Gasteiger charge is -2.52. The maximum Gasteiger partial charge on any atom is 0.234 e. The highest BCUT2D eigenvalue weighted by Gasteiger charge is 2.51. The van der Waals surface area contributed by atoms with E-state index in [0.717, 1.165) is 19.4 Å². The van der Waals surface area contributed by atoms with Crippen LogP contribution in [0.1, 0.15) is 26.2 Å². The van der Waals surface area contributed by atoms with Crippen molar-refractivity contribution in [3.63, 3.8) is 0 Å². The number of rotatable bonds is 4. The van der Waals surface area contributed by atoms with Gasteiger partial charge in [0.15, 0.2) is 0 Å². The van der Waals surface area contributed by atoms with Gasteiger partial charge in [0.05, 0.1) is 5.41 Å². The Morgan fingerprint density at radius 3 is 2.75 bits per heavy atom. The first-order valence-corrected chi connectivity index (χ1v) is 6.24. The number of nitrogens with zero attached hydrogens (tertiary/aromatic N) is 1. The van der Waals surface area contributed by atoms with Gasteiger partial charge in [0, 0.05) is 19.1 Å². The molecule has 1 aliphatic heterocycles. The predicted molar refractivity (Wildman–Crippen MR) is 61.2 cm³/mol. The summed E-state index contributed by atoms with van der Waals surface area (Å²) < 4.78 is 0. The van der Waals surface area contributed by atoms with Crippen molar-refractivity contribution < 1.29 is 9.59 Å². The standard InChI is InChI=1S/C11H17ClN2O2/c1-11(6-13-9(15)5-12)7-14(10(11)16)8-3-2-4-8/h8H,2-7H2,1H3,(H,13,15). The zero-order valence-electron chi connectivity index (χ0n) is 9.46. The molecule has 5 heteroatoms. The van der Waals surface area contributed by atoms with E-state index in [1.807, 2.05) is 11.8 Å². The molecule has 0 aromatic heterocycles. The van der Waals surface area contributed by atoms with Gasteiger partial charge in [-0.2, -0.15) is 0 Å². The molecular weight excluding hydrogens is 228 g/mol. The van der Waals surface area contributed by atoms with Crippen LogP contribution in [-0.2, 0) is 9.59 Å². The maximum atomic E-state index is 12.0. The number of halogens is 1. The summed E-state index contributed by atoms with van der Waals surface area (Å²) in [6.45, 7) is 3.07. The third-order valence-corrected chi connectivity index (χ3v) is 3.85. The summed E-state index contributed by atoms with van der Waals surface area (Å²) in [5, 5.41) is 2.68. The third kappa shape index (κ3) is 1.90. The number of carbonyl (C=O) groups excluding carboxylic acids is 2. The third-order valence-electron chi connectivity index (χ3n) is 3.61. The van der Waals surface area contributed by atoms with Gasteiger partial charge in [-0.05, 0) is 26.2 Å². The van der Waals surface area contributed by atoms with Gasteiger partial charge in [-0.25, -0.2) is 0 Å². The summed E-state index contributed by atoms with van der Waals surface area (Å²) in [4.78, 5) is 24.9. The first-order valence-electron chi connectivity index (χ1n) is 5.70. The minimum Gasteiger partial charge on any atom is -0.354 e. The molecule has 1 heterocycles. The fourth-order valence-corrected chi connectivity index (χ4v) is 2.33. The first-order chi connectivity index (χ1) is 7.57. The second-order valence-electron chi connectivity index (χ2n) is 4.99. The van der Waals surface area contributed by atoms with Gasteiger partial charge in [-0.1, -0.05) is 0 Å². The molecule has 0 aromatic carbocycles. The Hall–Kier alpha value is -0.770. The van der Waals surface area contributed by atoms with E-state index in [2.05, 4.69) is 5.32 Å². The summed E-state index contributed by atoms with van der Waals surface area (Å²) in [5.74, 6) is -0.0822. The normalized spacial score (nSPS) is 29.6.